The summed E-state index contributed by atoms with van der Waals surface area (Å²) in [6, 6.07) is 0. The van der Waals surface area contributed by atoms with Crippen molar-refractivity contribution in [2.45, 2.75) is 209 Å². The molecule has 0 unspecified atom stereocenters. The number of rotatable bonds is 13. The molecule has 4 fully saturated rings. The summed E-state index contributed by atoms with van der Waals surface area (Å²) in [4.78, 5) is 13.1. The molecule has 3 heteroatoms. The number of aliphatic hydroxyl groups excluding tert-OH is 1. The van der Waals surface area contributed by atoms with E-state index in [-0.39, 0.29) is 45.3 Å². The van der Waals surface area contributed by atoms with Gasteiger partial charge in [0.2, 0.25) is 0 Å². The maximum atomic E-state index is 13.1. The van der Waals surface area contributed by atoms with Crippen LogP contribution in [0.15, 0.2) is 11.6 Å². The predicted octanol–water partition coefficient (Wildman–Crippen LogP) is 12.4. The van der Waals surface area contributed by atoms with Crippen LogP contribution in [-0.4, -0.2) is 23.3 Å². The molecule has 0 aromatic heterocycles. The lowest BCUT2D eigenvalue weighted by molar-refractivity contribution is -0.220. The number of unbranched alkanes of at least 4 members (excludes halogenated alkanes) is 10. The van der Waals surface area contributed by atoms with Gasteiger partial charge >= 0.3 is 5.97 Å². The smallest absolute Gasteiger partial charge is 0.306 e. The van der Waals surface area contributed by atoms with Gasteiger partial charge in [0.25, 0.3) is 0 Å². The molecular weight excluding hydrogens is 576 g/mol. The Kier molecular flexibility index (Phi) is 11.2. The predicted molar refractivity (Wildman–Crippen MR) is 197 cm³/mol. The number of carbonyl (C=O) groups is 1. The Balaban J connectivity index is 1.19. The van der Waals surface area contributed by atoms with Crippen LogP contribution in [0.5, 0.6) is 0 Å². The summed E-state index contributed by atoms with van der Waals surface area (Å²) in [7, 11) is 0. The lowest BCUT2D eigenvalue weighted by atomic mass is 9.33. The first-order valence-electron chi connectivity index (χ1n) is 20.6. The Bertz CT molecular complexity index is 1120. The van der Waals surface area contributed by atoms with Gasteiger partial charge < -0.3 is 9.84 Å². The molecule has 3 nitrogen and oxygen atoms in total. The van der Waals surface area contributed by atoms with E-state index in [1.54, 1.807) is 5.57 Å². The van der Waals surface area contributed by atoms with Crippen molar-refractivity contribution in [3.8, 4) is 0 Å². The summed E-state index contributed by atoms with van der Waals surface area (Å²) >= 11 is 0. The number of hydrogen-bond acceptors (Lipinski definition) is 3. The number of allylic oxidation sites excluding steroid dienone is 2. The van der Waals surface area contributed by atoms with Gasteiger partial charge in [0, 0.05) is 17.3 Å². The minimum atomic E-state index is -0.223. The van der Waals surface area contributed by atoms with Gasteiger partial charge in [0.1, 0.15) is 6.10 Å². The third-order valence-electron chi connectivity index (χ3n) is 16.3. The van der Waals surface area contributed by atoms with Gasteiger partial charge in [-0.15, -0.1) is 0 Å². The topological polar surface area (TPSA) is 46.5 Å². The van der Waals surface area contributed by atoms with E-state index in [1.165, 1.54) is 89.9 Å². The summed E-state index contributed by atoms with van der Waals surface area (Å²) in [6.45, 7) is 22.2. The van der Waals surface area contributed by atoms with E-state index in [9.17, 15) is 9.90 Å². The van der Waals surface area contributed by atoms with Crippen LogP contribution in [-0.2, 0) is 9.53 Å². The fraction of sp³-hybridized carbons (Fsp3) is 0.932. The van der Waals surface area contributed by atoms with Crippen molar-refractivity contribution >= 4 is 5.97 Å². The molecule has 5 aliphatic carbocycles. The third-order valence-corrected chi connectivity index (χ3v) is 16.3. The molecule has 5 rings (SSSR count). The molecule has 0 aliphatic heterocycles. The van der Waals surface area contributed by atoms with Gasteiger partial charge in [-0.2, -0.15) is 0 Å². The highest BCUT2D eigenvalue weighted by molar-refractivity contribution is 5.69. The third kappa shape index (κ3) is 6.81. The van der Waals surface area contributed by atoms with Crippen LogP contribution in [0.25, 0.3) is 0 Å². The van der Waals surface area contributed by atoms with Gasteiger partial charge in [0.05, 0.1) is 6.10 Å². The highest BCUT2D eigenvalue weighted by atomic mass is 16.5. The van der Waals surface area contributed by atoms with Crippen molar-refractivity contribution in [2.75, 3.05) is 0 Å². The second kappa shape index (κ2) is 14.1. The van der Waals surface area contributed by atoms with Crippen molar-refractivity contribution in [2.24, 2.45) is 50.2 Å². The zero-order valence-electron chi connectivity index (χ0n) is 32.6. The molecule has 0 radical (unpaired) electrons. The van der Waals surface area contributed by atoms with E-state index in [0.717, 1.165) is 38.5 Å². The van der Waals surface area contributed by atoms with Crippen LogP contribution in [0.1, 0.15) is 197 Å². The molecule has 0 aromatic rings. The van der Waals surface area contributed by atoms with E-state index in [1.807, 2.05) is 0 Å². The fourth-order valence-electron chi connectivity index (χ4n) is 12.9. The van der Waals surface area contributed by atoms with Gasteiger partial charge in [-0.1, -0.05) is 138 Å². The van der Waals surface area contributed by atoms with E-state index in [0.29, 0.717) is 29.6 Å². The first kappa shape index (κ1) is 37.4. The largest absolute Gasteiger partial charge is 0.462 e. The van der Waals surface area contributed by atoms with Crippen molar-refractivity contribution in [3.05, 3.63) is 11.6 Å². The molecule has 5 aliphatic rings. The quantitative estimate of drug-likeness (QED) is 0.122. The molecule has 47 heavy (non-hydrogen) atoms. The summed E-state index contributed by atoms with van der Waals surface area (Å²) in [5.74, 6) is 1.68. The maximum absolute atomic E-state index is 13.1. The number of esters is 1. The Morgan fingerprint density at radius 3 is 2.00 bits per heavy atom. The van der Waals surface area contributed by atoms with Gasteiger partial charge in [0.15, 0.2) is 0 Å². The molecule has 1 N–H and O–H groups in total. The van der Waals surface area contributed by atoms with E-state index < -0.39 is 0 Å². The van der Waals surface area contributed by atoms with Crippen molar-refractivity contribution in [3.63, 3.8) is 0 Å². The monoisotopic (exact) mass is 653 g/mol. The van der Waals surface area contributed by atoms with E-state index in [4.69, 9.17) is 4.74 Å². The zero-order valence-corrected chi connectivity index (χ0v) is 32.6. The molecule has 0 spiro atoms. The first-order valence-corrected chi connectivity index (χ1v) is 20.6. The number of hydrogen-bond donors (Lipinski definition) is 1. The number of carbonyl (C=O) groups excluding carboxylic acids is 1. The Morgan fingerprint density at radius 2 is 1.36 bits per heavy atom. The minimum absolute atomic E-state index is 0.0165. The first-order chi connectivity index (χ1) is 22.1. The number of aliphatic hydroxyl groups is 1. The highest BCUT2D eigenvalue weighted by Crippen LogP contribution is 2.75. The fourth-order valence-corrected chi connectivity index (χ4v) is 12.9. The molecule has 0 saturated heterocycles. The Hall–Kier alpha value is -0.830. The van der Waals surface area contributed by atoms with Crippen LogP contribution in [0.3, 0.4) is 0 Å². The second-order valence-electron chi connectivity index (χ2n) is 20.1. The minimum Gasteiger partial charge on any atom is -0.462 e. The Morgan fingerprint density at radius 1 is 0.745 bits per heavy atom. The average Bonchev–Trinajstić information content (AvgIpc) is 2.99. The molecule has 270 valence electrons. The molecule has 0 amide bonds. The summed E-state index contributed by atoms with van der Waals surface area (Å²) in [6.07, 6.45) is 27.6. The highest BCUT2D eigenvalue weighted by Gasteiger charge is 2.69. The van der Waals surface area contributed by atoms with Gasteiger partial charge in [-0.3, -0.25) is 4.79 Å². The number of fused-ring (bicyclic) bond motifs is 7. The zero-order chi connectivity index (χ0) is 34.3. The van der Waals surface area contributed by atoms with E-state index in [2.05, 4.69) is 68.4 Å². The second-order valence-corrected chi connectivity index (χ2v) is 20.1. The molecule has 4 saturated carbocycles. The molecule has 0 heterocycles. The van der Waals surface area contributed by atoms with Crippen LogP contribution < -0.4 is 0 Å². The standard InChI is InChI=1S/C44H76O3/c1-10-11-12-13-14-15-16-17-18-19-20-21-38(46)47-37-25-26-42(7)34(40(37,4)5)24-27-43(8)35(42)23-22-32-33-30-39(2,3)28-29-41(33,6)36(45)31-44(32,43)9/h22,33-37,45H,10-21,23-31H2,1-9H3/t33-,34+,35+,36-,37-,41-,42-,43+,44+/m0/s1. The summed E-state index contributed by atoms with van der Waals surface area (Å²) in [5.41, 5.74) is 2.50. The summed E-state index contributed by atoms with van der Waals surface area (Å²) < 4.78 is 6.38. The molecule has 0 aromatic carbocycles. The lowest BCUT2D eigenvalue weighted by Crippen LogP contribution is -2.66. The maximum Gasteiger partial charge on any atom is 0.306 e. The molecule has 0 bridgehead atoms. The molecule has 9 atom stereocenters. The summed E-state index contributed by atoms with van der Waals surface area (Å²) in [5, 5.41) is 11.9. The van der Waals surface area contributed by atoms with Crippen molar-refractivity contribution in [1.82, 2.24) is 0 Å². The van der Waals surface area contributed by atoms with Gasteiger partial charge in [-0.25, -0.2) is 0 Å². The van der Waals surface area contributed by atoms with Crippen LogP contribution in [0.2, 0.25) is 0 Å². The van der Waals surface area contributed by atoms with E-state index >= 15 is 0 Å². The number of ether oxygens (including phenoxy) is 1. The normalized spacial score (nSPS) is 41.9. The Labute approximate surface area is 291 Å². The SMILES string of the molecule is CCCCCCCCCCCCCC(=O)O[C@H]1CC[C@@]2(C)[C@H](CC[C@]3(C)[C@@H]2CC=C2[C@@H]4CC(C)(C)CC[C@]4(C)[C@@H](O)C[C@]23C)C1(C)C. The van der Waals surface area contributed by atoms with Crippen LogP contribution >= 0.6 is 0 Å². The van der Waals surface area contributed by atoms with Crippen LogP contribution in [0.4, 0.5) is 0 Å². The lowest BCUT2D eigenvalue weighted by Gasteiger charge is -2.72. The molecular formula is C44H76O3. The van der Waals surface area contributed by atoms with Crippen molar-refractivity contribution < 1.29 is 14.6 Å². The van der Waals surface area contributed by atoms with Crippen LogP contribution in [0, 0.1) is 50.2 Å². The van der Waals surface area contributed by atoms with Crippen molar-refractivity contribution in [1.29, 1.82) is 0 Å². The van der Waals surface area contributed by atoms with Gasteiger partial charge in [-0.05, 0) is 104 Å². The average molecular weight is 653 g/mol.